The number of aromatic nitrogens is 1. The van der Waals surface area contributed by atoms with Crippen molar-refractivity contribution < 1.29 is 0 Å². The first kappa shape index (κ1) is 4.35. The smallest absolute Gasteiger partial charge is 0.167 e. The highest BCUT2D eigenvalue weighted by molar-refractivity contribution is 7.10. The fraction of sp³-hybridized carbons (Fsp3) is 0. The van der Waals surface area contributed by atoms with Crippen LogP contribution in [0, 0.1) is 12.3 Å². The molecule has 0 spiro atoms. The lowest BCUT2D eigenvalue weighted by atomic mass is 10.7. The molecule has 0 atom stereocenters. The zero-order valence-corrected chi connectivity index (χ0v) is 4.33. The molecule has 7 heavy (non-hydrogen) atoms. The van der Waals surface area contributed by atoms with Crippen LogP contribution in [0.1, 0.15) is 5.01 Å². The van der Waals surface area contributed by atoms with E-state index in [1.807, 2.05) is 5.38 Å². The van der Waals surface area contributed by atoms with E-state index >= 15 is 0 Å². The predicted molar refractivity (Wildman–Crippen MR) is 28.3 cm³/mol. The molecule has 1 radical (unpaired) electrons. The minimum atomic E-state index is 0.639. The fourth-order valence-electron chi connectivity index (χ4n) is 0.285. The Labute approximate surface area is 46.0 Å². The van der Waals surface area contributed by atoms with Gasteiger partial charge in [-0.15, -0.1) is 11.3 Å². The molecule has 0 bridgehead atoms. The Balaban J connectivity index is 3.04. The number of thiazole rings is 1. The molecule has 0 saturated heterocycles. The number of hydrogen-bond acceptors (Lipinski definition) is 2. The maximum absolute atomic E-state index is 6.56. The first-order valence-electron chi connectivity index (χ1n) is 1.75. The van der Waals surface area contributed by atoms with Gasteiger partial charge in [0.1, 0.15) is 0 Å². The summed E-state index contributed by atoms with van der Waals surface area (Å²) >= 11 is 1.41. The number of rotatable bonds is 0. The third kappa shape index (κ3) is 0.787. The van der Waals surface area contributed by atoms with E-state index < -0.39 is 0 Å². The molecule has 0 aromatic carbocycles. The molecular formula is C5H2NS. The Morgan fingerprint density at radius 3 is 3.00 bits per heavy atom. The first-order chi connectivity index (χ1) is 3.43. The second kappa shape index (κ2) is 1.76. The lowest BCUT2D eigenvalue weighted by molar-refractivity contribution is 1.39. The lowest BCUT2D eigenvalue weighted by Gasteiger charge is -1.65. The summed E-state index contributed by atoms with van der Waals surface area (Å²) in [6.07, 6.45) is 8.21. The Hall–Kier alpha value is -0.810. The molecule has 0 amide bonds. The van der Waals surface area contributed by atoms with Gasteiger partial charge in [0.25, 0.3) is 0 Å². The first-order valence-corrected chi connectivity index (χ1v) is 2.63. The molecular weight excluding hydrogens is 106 g/mol. The summed E-state index contributed by atoms with van der Waals surface area (Å²) in [5.74, 6) is 2.16. The van der Waals surface area contributed by atoms with Gasteiger partial charge in [0.05, 0.1) is 0 Å². The molecule has 1 aromatic heterocycles. The van der Waals surface area contributed by atoms with Crippen molar-refractivity contribution in [1.82, 2.24) is 4.98 Å². The molecule has 1 aromatic rings. The second-order valence-electron chi connectivity index (χ2n) is 0.962. The fourth-order valence-corrected chi connectivity index (χ4v) is 0.716. The Kier molecular flexibility index (Phi) is 1.10. The molecule has 0 unspecified atom stereocenters. The highest BCUT2D eigenvalue weighted by Crippen LogP contribution is 1.99. The quantitative estimate of drug-likeness (QED) is 0.453. The van der Waals surface area contributed by atoms with E-state index in [0.29, 0.717) is 5.01 Å². The van der Waals surface area contributed by atoms with Crippen molar-refractivity contribution in [2.75, 3.05) is 0 Å². The zero-order chi connectivity index (χ0) is 5.11. The Morgan fingerprint density at radius 1 is 1.86 bits per heavy atom. The van der Waals surface area contributed by atoms with Gasteiger partial charge in [-0.25, -0.2) is 4.98 Å². The van der Waals surface area contributed by atoms with Crippen molar-refractivity contribution in [2.24, 2.45) is 0 Å². The molecule has 0 aliphatic heterocycles. The van der Waals surface area contributed by atoms with Crippen LogP contribution in [-0.4, -0.2) is 4.98 Å². The van der Waals surface area contributed by atoms with E-state index in [1.165, 1.54) is 11.3 Å². The normalized spacial score (nSPS) is 7.86. The van der Waals surface area contributed by atoms with Crippen LogP contribution in [0.4, 0.5) is 0 Å². The number of nitrogens with zero attached hydrogens (tertiary/aromatic N) is 1. The summed E-state index contributed by atoms with van der Waals surface area (Å²) in [5.41, 5.74) is 0. The van der Waals surface area contributed by atoms with Crippen LogP contribution < -0.4 is 0 Å². The van der Waals surface area contributed by atoms with Gasteiger partial charge >= 0.3 is 0 Å². The van der Waals surface area contributed by atoms with Gasteiger partial charge in [0, 0.05) is 11.6 Å². The van der Waals surface area contributed by atoms with Gasteiger partial charge in [0.2, 0.25) is 0 Å². The third-order valence-electron chi connectivity index (χ3n) is 0.539. The summed E-state index contributed by atoms with van der Waals surface area (Å²) in [4.78, 5) is 3.75. The summed E-state index contributed by atoms with van der Waals surface area (Å²) < 4.78 is 0. The Bertz CT molecular complexity index is 170. The minimum Gasteiger partial charge on any atom is -0.236 e. The molecule has 2 heteroatoms. The number of hydrogen-bond donors (Lipinski definition) is 0. The van der Waals surface area contributed by atoms with Gasteiger partial charge in [-0.3, -0.25) is 0 Å². The maximum atomic E-state index is 6.56. The van der Waals surface area contributed by atoms with Crippen LogP contribution in [0.5, 0.6) is 0 Å². The van der Waals surface area contributed by atoms with Gasteiger partial charge in [-0.2, -0.15) is 0 Å². The highest BCUT2D eigenvalue weighted by Gasteiger charge is 1.81. The van der Waals surface area contributed by atoms with Crippen molar-refractivity contribution in [1.29, 1.82) is 0 Å². The van der Waals surface area contributed by atoms with E-state index in [4.69, 9.17) is 6.42 Å². The monoisotopic (exact) mass is 108 g/mol. The third-order valence-corrected chi connectivity index (χ3v) is 1.23. The predicted octanol–water partition coefficient (Wildman–Crippen LogP) is 1.08. The van der Waals surface area contributed by atoms with E-state index in [-0.39, 0.29) is 0 Å². The van der Waals surface area contributed by atoms with Crippen LogP contribution >= 0.6 is 11.3 Å². The maximum Gasteiger partial charge on any atom is 0.167 e. The molecule has 1 rings (SSSR count). The van der Waals surface area contributed by atoms with Crippen molar-refractivity contribution in [3.05, 3.63) is 23.0 Å². The van der Waals surface area contributed by atoms with Crippen molar-refractivity contribution in [3.8, 4) is 5.92 Å². The van der Waals surface area contributed by atoms with Gasteiger partial charge in [0.15, 0.2) is 5.01 Å². The molecule has 0 aliphatic carbocycles. The van der Waals surface area contributed by atoms with Crippen molar-refractivity contribution in [2.45, 2.75) is 0 Å². The highest BCUT2D eigenvalue weighted by atomic mass is 32.1. The summed E-state index contributed by atoms with van der Waals surface area (Å²) in [7, 11) is 0. The standard InChI is InChI=1S/C5H2NS/c1-2-5-6-3-4-7-5/h3-4H. The molecule has 1 heterocycles. The average molecular weight is 108 g/mol. The molecule has 33 valence electrons. The van der Waals surface area contributed by atoms with Crippen LogP contribution in [-0.2, 0) is 0 Å². The molecule has 1 nitrogen and oxygen atoms in total. The molecule has 0 saturated carbocycles. The van der Waals surface area contributed by atoms with Crippen molar-refractivity contribution in [3.63, 3.8) is 0 Å². The average Bonchev–Trinajstić information content (AvgIpc) is 2.14. The zero-order valence-electron chi connectivity index (χ0n) is 3.51. The SMILES string of the molecule is [C]#Cc1nccs1. The second-order valence-corrected chi connectivity index (χ2v) is 1.86. The summed E-state index contributed by atoms with van der Waals surface area (Å²) in [6, 6.07) is 0. The molecule has 0 N–H and O–H groups in total. The van der Waals surface area contributed by atoms with E-state index in [9.17, 15) is 0 Å². The topological polar surface area (TPSA) is 12.9 Å². The van der Waals surface area contributed by atoms with Gasteiger partial charge in [-0.1, -0.05) is 0 Å². The van der Waals surface area contributed by atoms with E-state index in [0.717, 1.165) is 0 Å². The van der Waals surface area contributed by atoms with Crippen LogP contribution in [0.15, 0.2) is 11.6 Å². The van der Waals surface area contributed by atoms with Crippen LogP contribution in [0.3, 0.4) is 0 Å². The minimum absolute atomic E-state index is 0.639. The Morgan fingerprint density at radius 2 is 2.71 bits per heavy atom. The largest absolute Gasteiger partial charge is 0.236 e. The van der Waals surface area contributed by atoms with Gasteiger partial charge < -0.3 is 0 Å². The van der Waals surface area contributed by atoms with Crippen LogP contribution in [0.2, 0.25) is 0 Å². The van der Waals surface area contributed by atoms with E-state index in [2.05, 4.69) is 10.9 Å². The lowest BCUT2D eigenvalue weighted by Crippen LogP contribution is -1.61. The van der Waals surface area contributed by atoms with Gasteiger partial charge in [-0.05, 0) is 12.3 Å². The molecule has 0 fully saturated rings. The summed E-state index contributed by atoms with van der Waals surface area (Å²) in [6.45, 7) is 0. The molecule has 0 aliphatic rings. The van der Waals surface area contributed by atoms with Crippen molar-refractivity contribution >= 4 is 11.3 Å². The summed E-state index contributed by atoms with van der Waals surface area (Å²) in [5, 5.41) is 2.46. The van der Waals surface area contributed by atoms with E-state index in [1.54, 1.807) is 6.20 Å². The van der Waals surface area contributed by atoms with Crippen LogP contribution in [0.25, 0.3) is 0 Å².